The topological polar surface area (TPSA) is 53.1 Å². The summed E-state index contributed by atoms with van der Waals surface area (Å²) in [6, 6.07) is 17.4. The SMILES string of the molecule is O=C(COc1ccc(Cl)cc1)N1CCC2(CC1)CC2C(=O)N1CCN(c2ccccc2)CC1. The highest BCUT2D eigenvalue weighted by molar-refractivity contribution is 6.30. The van der Waals surface area contributed by atoms with Gasteiger partial charge in [0, 0.05) is 55.9 Å². The Balaban J connectivity index is 1.07. The van der Waals surface area contributed by atoms with Gasteiger partial charge in [0.2, 0.25) is 5.91 Å². The first-order chi connectivity index (χ1) is 16.0. The van der Waals surface area contributed by atoms with E-state index in [4.69, 9.17) is 16.3 Å². The van der Waals surface area contributed by atoms with Gasteiger partial charge in [0.15, 0.2) is 6.61 Å². The van der Waals surface area contributed by atoms with E-state index in [2.05, 4.69) is 34.1 Å². The van der Waals surface area contributed by atoms with Crippen LogP contribution < -0.4 is 9.64 Å². The van der Waals surface area contributed by atoms with Crippen molar-refractivity contribution in [2.75, 3.05) is 50.8 Å². The molecule has 2 aromatic carbocycles. The molecule has 0 radical (unpaired) electrons. The van der Waals surface area contributed by atoms with Crippen LogP contribution in [-0.2, 0) is 9.59 Å². The summed E-state index contributed by atoms with van der Waals surface area (Å²) >= 11 is 5.88. The number of hydrogen-bond acceptors (Lipinski definition) is 4. The fourth-order valence-corrected chi connectivity index (χ4v) is 5.39. The summed E-state index contributed by atoms with van der Waals surface area (Å²) in [5.41, 5.74) is 1.33. The highest BCUT2D eigenvalue weighted by Gasteiger charge is 2.59. The number of hydrogen-bond donors (Lipinski definition) is 0. The Bertz CT molecular complexity index is 982. The molecular weight excluding hydrogens is 438 g/mol. The normalized spacial score (nSPS) is 21.7. The van der Waals surface area contributed by atoms with Crippen LogP contribution in [0.25, 0.3) is 0 Å². The molecule has 2 aromatic rings. The zero-order chi connectivity index (χ0) is 22.8. The van der Waals surface area contributed by atoms with Gasteiger partial charge < -0.3 is 19.4 Å². The van der Waals surface area contributed by atoms with Gasteiger partial charge in [-0.05, 0) is 61.1 Å². The Morgan fingerprint density at radius 1 is 0.879 bits per heavy atom. The number of halogens is 1. The summed E-state index contributed by atoms with van der Waals surface area (Å²) in [5.74, 6) is 1.08. The number of piperidine rings is 1. The quantitative estimate of drug-likeness (QED) is 0.673. The number of ether oxygens (including phenoxy) is 1. The van der Waals surface area contributed by atoms with Crippen molar-refractivity contribution in [2.24, 2.45) is 11.3 Å². The Hall–Kier alpha value is -2.73. The molecule has 1 aliphatic carbocycles. The number of carbonyl (C=O) groups excluding carboxylic acids is 2. The first-order valence-electron chi connectivity index (χ1n) is 11.8. The number of benzene rings is 2. The van der Waals surface area contributed by atoms with Crippen molar-refractivity contribution in [2.45, 2.75) is 19.3 Å². The van der Waals surface area contributed by atoms with Crippen LogP contribution in [0, 0.1) is 11.3 Å². The Labute approximate surface area is 200 Å². The molecule has 6 nitrogen and oxygen atoms in total. The second-order valence-corrected chi connectivity index (χ2v) is 9.83. The molecule has 33 heavy (non-hydrogen) atoms. The molecule has 3 fully saturated rings. The molecule has 3 aliphatic rings. The molecule has 5 rings (SSSR count). The van der Waals surface area contributed by atoms with Gasteiger partial charge in [0.25, 0.3) is 5.91 Å². The lowest BCUT2D eigenvalue weighted by Gasteiger charge is -2.37. The van der Waals surface area contributed by atoms with E-state index in [1.54, 1.807) is 24.3 Å². The van der Waals surface area contributed by atoms with Crippen molar-refractivity contribution < 1.29 is 14.3 Å². The number of rotatable bonds is 5. The molecule has 1 spiro atoms. The summed E-state index contributed by atoms with van der Waals surface area (Å²) in [6.45, 7) is 4.77. The number of nitrogens with zero attached hydrogens (tertiary/aromatic N) is 3. The summed E-state index contributed by atoms with van der Waals surface area (Å²) in [5, 5.41) is 0.640. The number of amides is 2. The van der Waals surface area contributed by atoms with Crippen molar-refractivity contribution in [3.8, 4) is 5.75 Å². The van der Waals surface area contributed by atoms with Crippen LogP contribution in [0.1, 0.15) is 19.3 Å². The fraction of sp³-hybridized carbons (Fsp3) is 0.462. The standard InChI is InChI=1S/C26H30ClN3O3/c27-20-6-8-22(9-7-20)33-19-24(31)29-12-10-26(11-13-29)18-23(26)25(32)30-16-14-28(15-17-30)21-4-2-1-3-5-21/h1-9,23H,10-19H2. The molecule has 0 aromatic heterocycles. The molecule has 1 unspecified atom stereocenters. The van der Waals surface area contributed by atoms with E-state index >= 15 is 0 Å². The van der Waals surface area contributed by atoms with E-state index in [0.29, 0.717) is 29.8 Å². The molecule has 174 valence electrons. The zero-order valence-corrected chi connectivity index (χ0v) is 19.5. The van der Waals surface area contributed by atoms with Crippen LogP contribution in [0.5, 0.6) is 5.75 Å². The molecule has 1 atom stereocenters. The van der Waals surface area contributed by atoms with Crippen molar-refractivity contribution >= 4 is 29.1 Å². The van der Waals surface area contributed by atoms with Crippen LogP contribution in [0.2, 0.25) is 5.02 Å². The average molecular weight is 468 g/mol. The maximum Gasteiger partial charge on any atom is 0.260 e. The largest absolute Gasteiger partial charge is 0.484 e. The summed E-state index contributed by atoms with van der Waals surface area (Å²) in [7, 11) is 0. The third-order valence-electron chi connectivity index (χ3n) is 7.49. The van der Waals surface area contributed by atoms with Crippen molar-refractivity contribution in [3.63, 3.8) is 0 Å². The van der Waals surface area contributed by atoms with E-state index in [0.717, 1.165) is 45.4 Å². The van der Waals surface area contributed by atoms with Crippen LogP contribution in [0.4, 0.5) is 5.69 Å². The van der Waals surface area contributed by atoms with E-state index < -0.39 is 0 Å². The monoisotopic (exact) mass is 467 g/mol. The van der Waals surface area contributed by atoms with E-state index in [9.17, 15) is 9.59 Å². The lowest BCUT2D eigenvalue weighted by atomic mass is 9.90. The molecule has 0 N–H and O–H groups in total. The third kappa shape index (κ3) is 4.81. The molecular formula is C26H30ClN3O3. The van der Waals surface area contributed by atoms with Crippen LogP contribution in [-0.4, -0.2) is 67.5 Å². The lowest BCUT2D eigenvalue weighted by Crippen LogP contribution is -2.50. The number of likely N-dealkylation sites (tertiary alicyclic amines) is 1. The Morgan fingerprint density at radius 3 is 2.21 bits per heavy atom. The summed E-state index contributed by atoms with van der Waals surface area (Å²) < 4.78 is 5.61. The smallest absolute Gasteiger partial charge is 0.260 e. The minimum atomic E-state index is 0.000334. The molecule has 2 aliphatic heterocycles. The molecule has 2 saturated heterocycles. The summed E-state index contributed by atoms with van der Waals surface area (Å²) in [6.07, 6.45) is 2.77. The van der Waals surface area contributed by atoms with E-state index in [1.807, 2.05) is 11.0 Å². The number of para-hydroxylation sites is 1. The van der Waals surface area contributed by atoms with Crippen molar-refractivity contribution in [3.05, 3.63) is 59.6 Å². The highest BCUT2D eigenvalue weighted by Crippen LogP contribution is 2.60. The van der Waals surface area contributed by atoms with Crippen LogP contribution in [0.15, 0.2) is 54.6 Å². The van der Waals surface area contributed by atoms with Crippen molar-refractivity contribution in [1.82, 2.24) is 9.80 Å². The average Bonchev–Trinajstić information content (AvgIpc) is 3.57. The second-order valence-electron chi connectivity index (χ2n) is 9.39. The van der Waals surface area contributed by atoms with Gasteiger partial charge in [-0.15, -0.1) is 0 Å². The third-order valence-corrected chi connectivity index (χ3v) is 7.74. The predicted octanol–water partition coefficient (Wildman–Crippen LogP) is 3.70. The number of carbonyl (C=O) groups is 2. The van der Waals surface area contributed by atoms with Gasteiger partial charge in [-0.25, -0.2) is 0 Å². The Morgan fingerprint density at radius 2 is 1.55 bits per heavy atom. The molecule has 1 saturated carbocycles. The van der Waals surface area contributed by atoms with Gasteiger partial charge in [-0.1, -0.05) is 29.8 Å². The van der Waals surface area contributed by atoms with Gasteiger partial charge in [-0.2, -0.15) is 0 Å². The van der Waals surface area contributed by atoms with Gasteiger partial charge in [-0.3, -0.25) is 9.59 Å². The molecule has 2 amide bonds. The van der Waals surface area contributed by atoms with Crippen LogP contribution >= 0.6 is 11.6 Å². The zero-order valence-electron chi connectivity index (χ0n) is 18.8. The minimum Gasteiger partial charge on any atom is -0.484 e. The van der Waals surface area contributed by atoms with Crippen molar-refractivity contribution in [1.29, 1.82) is 0 Å². The maximum atomic E-state index is 13.2. The Kier molecular flexibility index (Phi) is 6.19. The molecule has 0 bridgehead atoms. The highest BCUT2D eigenvalue weighted by atomic mass is 35.5. The molecule has 2 heterocycles. The maximum absolute atomic E-state index is 13.2. The molecule has 7 heteroatoms. The fourth-order valence-electron chi connectivity index (χ4n) is 5.26. The number of anilines is 1. The van der Waals surface area contributed by atoms with Gasteiger partial charge >= 0.3 is 0 Å². The predicted molar refractivity (Wildman–Crippen MR) is 129 cm³/mol. The minimum absolute atomic E-state index is 0.000334. The second kappa shape index (κ2) is 9.26. The first-order valence-corrected chi connectivity index (χ1v) is 12.2. The van der Waals surface area contributed by atoms with E-state index in [-0.39, 0.29) is 23.8 Å². The summed E-state index contributed by atoms with van der Waals surface area (Å²) in [4.78, 5) is 32.0. The van der Waals surface area contributed by atoms with E-state index in [1.165, 1.54) is 5.69 Å². The van der Waals surface area contributed by atoms with Crippen LogP contribution in [0.3, 0.4) is 0 Å². The first kappa shape index (κ1) is 22.1. The lowest BCUT2D eigenvalue weighted by molar-refractivity contribution is -0.136. The number of piperazine rings is 1. The van der Waals surface area contributed by atoms with Gasteiger partial charge in [0.1, 0.15) is 5.75 Å². The van der Waals surface area contributed by atoms with Gasteiger partial charge in [0.05, 0.1) is 0 Å².